The Morgan fingerprint density at radius 2 is 2.25 bits per heavy atom. The highest BCUT2D eigenvalue weighted by molar-refractivity contribution is 7.99. The lowest BCUT2D eigenvalue weighted by Crippen LogP contribution is -2.12. The standard InChI is InChI=1S/C13H17N3O3S/c1-4-10-6-15-13(20-7-11(17)18)16(10)9(3)12-14-5-8(2)19-12/h5-6,9H,4,7H2,1-3H3,(H,17,18). The Hall–Kier alpha value is -1.76. The summed E-state index contributed by atoms with van der Waals surface area (Å²) >= 11 is 1.20. The summed E-state index contributed by atoms with van der Waals surface area (Å²) in [6.07, 6.45) is 4.26. The first-order valence-electron chi connectivity index (χ1n) is 6.36. The lowest BCUT2D eigenvalue weighted by atomic mass is 10.3. The van der Waals surface area contributed by atoms with E-state index >= 15 is 0 Å². The van der Waals surface area contributed by atoms with Crippen molar-refractivity contribution in [2.24, 2.45) is 0 Å². The van der Waals surface area contributed by atoms with Crippen molar-refractivity contribution in [1.29, 1.82) is 0 Å². The first-order valence-corrected chi connectivity index (χ1v) is 7.34. The summed E-state index contributed by atoms with van der Waals surface area (Å²) in [6.45, 7) is 5.85. The van der Waals surface area contributed by atoms with Gasteiger partial charge in [0, 0.05) is 11.9 Å². The van der Waals surface area contributed by atoms with Crippen LogP contribution in [-0.4, -0.2) is 31.4 Å². The smallest absolute Gasteiger partial charge is 0.313 e. The van der Waals surface area contributed by atoms with Crippen LogP contribution in [-0.2, 0) is 11.2 Å². The number of aromatic nitrogens is 3. The Balaban J connectivity index is 2.32. The highest BCUT2D eigenvalue weighted by Gasteiger charge is 2.20. The molecule has 1 unspecified atom stereocenters. The SMILES string of the molecule is CCc1cnc(SCC(=O)O)n1C(C)c1ncc(C)o1. The number of rotatable bonds is 6. The molecule has 0 saturated heterocycles. The Morgan fingerprint density at radius 1 is 1.50 bits per heavy atom. The maximum atomic E-state index is 10.7. The summed E-state index contributed by atoms with van der Waals surface area (Å²) in [5.41, 5.74) is 1.03. The molecule has 1 atom stereocenters. The van der Waals surface area contributed by atoms with Gasteiger partial charge in [-0.2, -0.15) is 0 Å². The first kappa shape index (κ1) is 14.6. The lowest BCUT2D eigenvalue weighted by molar-refractivity contribution is -0.133. The number of aliphatic carboxylic acids is 1. The van der Waals surface area contributed by atoms with E-state index in [9.17, 15) is 4.79 Å². The van der Waals surface area contributed by atoms with Crippen molar-refractivity contribution in [3.63, 3.8) is 0 Å². The predicted octanol–water partition coefficient (Wildman–Crippen LogP) is 2.53. The number of hydrogen-bond donors (Lipinski definition) is 1. The zero-order valence-electron chi connectivity index (χ0n) is 11.7. The maximum absolute atomic E-state index is 10.7. The topological polar surface area (TPSA) is 81.1 Å². The van der Waals surface area contributed by atoms with Gasteiger partial charge in [0.1, 0.15) is 11.8 Å². The normalized spacial score (nSPS) is 12.6. The molecular formula is C13H17N3O3S. The van der Waals surface area contributed by atoms with E-state index < -0.39 is 5.97 Å². The molecular weight excluding hydrogens is 278 g/mol. The summed E-state index contributed by atoms with van der Waals surface area (Å²) in [6, 6.07) is -0.113. The van der Waals surface area contributed by atoms with Crippen LogP contribution < -0.4 is 0 Å². The molecule has 0 aliphatic rings. The van der Waals surface area contributed by atoms with Gasteiger partial charge in [-0.05, 0) is 20.3 Å². The van der Waals surface area contributed by atoms with E-state index in [4.69, 9.17) is 9.52 Å². The number of hydrogen-bond acceptors (Lipinski definition) is 5. The summed E-state index contributed by atoms with van der Waals surface area (Å²) in [7, 11) is 0. The molecule has 7 heteroatoms. The molecule has 0 aliphatic heterocycles. The van der Waals surface area contributed by atoms with E-state index in [-0.39, 0.29) is 11.8 Å². The predicted molar refractivity (Wildman–Crippen MR) is 75.0 cm³/mol. The minimum atomic E-state index is -0.859. The number of oxazole rings is 1. The molecule has 0 amide bonds. The van der Waals surface area contributed by atoms with Gasteiger partial charge in [0.2, 0.25) is 5.89 Å². The second kappa shape index (κ2) is 6.13. The van der Waals surface area contributed by atoms with E-state index in [0.717, 1.165) is 17.9 Å². The molecule has 108 valence electrons. The number of aryl methyl sites for hydroxylation is 2. The number of thioether (sulfide) groups is 1. The number of carboxylic acid groups (broad SMARTS) is 1. The van der Waals surface area contributed by atoms with E-state index in [0.29, 0.717) is 11.0 Å². The minimum Gasteiger partial charge on any atom is -0.481 e. The molecule has 0 saturated carbocycles. The summed E-state index contributed by atoms with van der Waals surface area (Å²) in [5.74, 6) is 0.483. The molecule has 0 radical (unpaired) electrons. The van der Waals surface area contributed by atoms with Crippen LogP contribution in [0.5, 0.6) is 0 Å². The van der Waals surface area contributed by atoms with Crippen LogP contribution in [0.15, 0.2) is 22.0 Å². The van der Waals surface area contributed by atoms with E-state index in [1.165, 1.54) is 11.8 Å². The van der Waals surface area contributed by atoms with Crippen LogP contribution >= 0.6 is 11.8 Å². The average molecular weight is 295 g/mol. The third-order valence-electron chi connectivity index (χ3n) is 2.91. The van der Waals surface area contributed by atoms with E-state index in [1.54, 1.807) is 12.4 Å². The quantitative estimate of drug-likeness (QED) is 0.825. The molecule has 0 aromatic carbocycles. The Labute approximate surface area is 121 Å². The lowest BCUT2D eigenvalue weighted by Gasteiger charge is -2.15. The maximum Gasteiger partial charge on any atom is 0.313 e. The third kappa shape index (κ3) is 3.04. The molecule has 20 heavy (non-hydrogen) atoms. The highest BCUT2D eigenvalue weighted by Crippen LogP contribution is 2.27. The largest absolute Gasteiger partial charge is 0.481 e. The molecule has 2 aromatic rings. The third-order valence-corrected chi connectivity index (χ3v) is 3.86. The van der Waals surface area contributed by atoms with Gasteiger partial charge < -0.3 is 14.1 Å². The monoisotopic (exact) mass is 295 g/mol. The Morgan fingerprint density at radius 3 is 2.80 bits per heavy atom. The van der Waals surface area contributed by atoms with Crippen LogP contribution in [0.2, 0.25) is 0 Å². The fourth-order valence-corrected chi connectivity index (χ4v) is 2.76. The zero-order valence-corrected chi connectivity index (χ0v) is 12.5. The van der Waals surface area contributed by atoms with Crippen molar-refractivity contribution in [2.45, 2.75) is 38.4 Å². The fraction of sp³-hybridized carbons (Fsp3) is 0.462. The van der Waals surface area contributed by atoms with Gasteiger partial charge in [-0.3, -0.25) is 4.79 Å². The van der Waals surface area contributed by atoms with Crippen LogP contribution in [0.4, 0.5) is 0 Å². The summed E-state index contributed by atoms with van der Waals surface area (Å²) in [4.78, 5) is 19.3. The number of carboxylic acids is 1. The van der Waals surface area contributed by atoms with Gasteiger partial charge in [-0.15, -0.1) is 0 Å². The molecule has 2 aromatic heterocycles. The molecule has 1 N–H and O–H groups in total. The van der Waals surface area contributed by atoms with Crippen molar-refractivity contribution >= 4 is 17.7 Å². The van der Waals surface area contributed by atoms with Gasteiger partial charge >= 0.3 is 5.97 Å². The molecule has 2 heterocycles. The van der Waals surface area contributed by atoms with Crippen molar-refractivity contribution in [3.8, 4) is 0 Å². The van der Waals surface area contributed by atoms with E-state index in [1.807, 2.05) is 25.3 Å². The van der Waals surface area contributed by atoms with Gasteiger partial charge in [0.25, 0.3) is 0 Å². The molecule has 0 spiro atoms. The van der Waals surface area contributed by atoms with Crippen molar-refractivity contribution < 1.29 is 14.3 Å². The Bertz CT molecular complexity index is 606. The second-order valence-electron chi connectivity index (χ2n) is 4.42. The highest BCUT2D eigenvalue weighted by atomic mass is 32.2. The van der Waals surface area contributed by atoms with Gasteiger partial charge in [-0.25, -0.2) is 9.97 Å². The van der Waals surface area contributed by atoms with Crippen molar-refractivity contribution in [1.82, 2.24) is 14.5 Å². The van der Waals surface area contributed by atoms with Crippen LogP contribution in [0, 0.1) is 6.92 Å². The van der Waals surface area contributed by atoms with Gasteiger partial charge in [0.15, 0.2) is 5.16 Å². The number of imidazole rings is 1. The Kier molecular flexibility index (Phi) is 4.49. The molecule has 0 aliphatic carbocycles. The summed E-state index contributed by atoms with van der Waals surface area (Å²) in [5, 5.41) is 9.47. The van der Waals surface area contributed by atoms with Crippen LogP contribution in [0.3, 0.4) is 0 Å². The van der Waals surface area contributed by atoms with Crippen molar-refractivity contribution in [3.05, 3.63) is 29.7 Å². The molecule has 0 bridgehead atoms. The minimum absolute atomic E-state index is 0.0164. The fourth-order valence-electron chi connectivity index (χ4n) is 1.96. The van der Waals surface area contributed by atoms with E-state index in [2.05, 4.69) is 9.97 Å². The van der Waals surface area contributed by atoms with Crippen molar-refractivity contribution in [2.75, 3.05) is 5.75 Å². The molecule has 0 fully saturated rings. The van der Waals surface area contributed by atoms with Gasteiger partial charge in [-0.1, -0.05) is 18.7 Å². The van der Waals surface area contributed by atoms with Crippen LogP contribution in [0.1, 0.15) is 37.2 Å². The number of nitrogens with zero attached hydrogens (tertiary/aromatic N) is 3. The molecule has 2 rings (SSSR count). The van der Waals surface area contributed by atoms with Crippen LogP contribution in [0.25, 0.3) is 0 Å². The first-order chi connectivity index (χ1) is 9.52. The zero-order chi connectivity index (χ0) is 14.7. The van der Waals surface area contributed by atoms with Gasteiger partial charge in [0.05, 0.1) is 11.9 Å². The average Bonchev–Trinajstić information content (AvgIpc) is 3.01. The molecule has 6 nitrogen and oxygen atoms in total. The summed E-state index contributed by atoms with van der Waals surface area (Å²) < 4.78 is 7.55. The second-order valence-corrected chi connectivity index (χ2v) is 5.37. The number of carbonyl (C=O) groups is 1.